The van der Waals surface area contributed by atoms with E-state index in [9.17, 15) is 0 Å². The molecule has 1 N–H and O–H groups in total. The van der Waals surface area contributed by atoms with Crippen LogP contribution in [-0.4, -0.2) is 12.6 Å². The second kappa shape index (κ2) is 7.09. The summed E-state index contributed by atoms with van der Waals surface area (Å²) in [5, 5.41) is 3.60. The van der Waals surface area contributed by atoms with Crippen molar-refractivity contribution >= 4 is 0 Å². The molecule has 1 unspecified atom stereocenters. The fourth-order valence-electron chi connectivity index (χ4n) is 3.09. The van der Waals surface area contributed by atoms with E-state index in [0.717, 1.165) is 13.0 Å². The van der Waals surface area contributed by atoms with Gasteiger partial charge in [0.25, 0.3) is 0 Å². The highest BCUT2D eigenvalue weighted by molar-refractivity contribution is 5.29. The molecule has 0 radical (unpaired) electrons. The second-order valence-electron chi connectivity index (χ2n) is 6.90. The SMILES string of the molecule is CCCNC(C)CC(C)(C)Cc1cc(C)cc(C)c1. The standard InChI is InChI=1S/C18H31N/c1-7-8-19-16(4)12-18(5,6)13-17-10-14(2)9-15(3)11-17/h9-11,16,19H,7-8,12-13H2,1-6H3. The Hall–Kier alpha value is -0.820. The maximum absolute atomic E-state index is 3.60. The van der Waals surface area contributed by atoms with Crippen molar-refractivity contribution in [3.8, 4) is 0 Å². The Bertz CT molecular complexity index is 372. The van der Waals surface area contributed by atoms with Crippen molar-refractivity contribution in [2.45, 2.75) is 66.8 Å². The van der Waals surface area contributed by atoms with Gasteiger partial charge in [0.1, 0.15) is 0 Å². The van der Waals surface area contributed by atoms with Crippen LogP contribution < -0.4 is 5.32 Å². The lowest BCUT2D eigenvalue weighted by molar-refractivity contribution is 0.287. The van der Waals surface area contributed by atoms with Gasteiger partial charge in [0.05, 0.1) is 0 Å². The number of hydrogen-bond donors (Lipinski definition) is 1. The van der Waals surface area contributed by atoms with E-state index >= 15 is 0 Å². The molecular weight excluding hydrogens is 230 g/mol. The smallest absolute Gasteiger partial charge is 0.00439 e. The number of aryl methyl sites for hydroxylation is 2. The first-order valence-corrected chi connectivity index (χ1v) is 7.63. The summed E-state index contributed by atoms with van der Waals surface area (Å²) in [7, 11) is 0. The van der Waals surface area contributed by atoms with E-state index in [2.05, 4.69) is 65.1 Å². The Labute approximate surface area is 119 Å². The number of hydrogen-bond acceptors (Lipinski definition) is 1. The van der Waals surface area contributed by atoms with Crippen molar-refractivity contribution < 1.29 is 0 Å². The van der Waals surface area contributed by atoms with Crippen molar-refractivity contribution in [2.24, 2.45) is 5.41 Å². The Morgan fingerprint density at radius 3 is 2.21 bits per heavy atom. The minimum absolute atomic E-state index is 0.348. The molecule has 19 heavy (non-hydrogen) atoms. The summed E-state index contributed by atoms with van der Waals surface area (Å²) in [5.74, 6) is 0. The van der Waals surface area contributed by atoms with Crippen LogP contribution in [0.4, 0.5) is 0 Å². The highest BCUT2D eigenvalue weighted by Crippen LogP contribution is 2.28. The molecule has 1 aromatic rings. The van der Waals surface area contributed by atoms with E-state index in [0.29, 0.717) is 11.5 Å². The minimum atomic E-state index is 0.348. The van der Waals surface area contributed by atoms with E-state index in [1.807, 2.05) is 0 Å². The van der Waals surface area contributed by atoms with Crippen molar-refractivity contribution in [3.63, 3.8) is 0 Å². The van der Waals surface area contributed by atoms with Gasteiger partial charge in [-0.1, -0.05) is 50.1 Å². The van der Waals surface area contributed by atoms with Crippen molar-refractivity contribution in [1.82, 2.24) is 5.32 Å². The van der Waals surface area contributed by atoms with E-state index in [1.165, 1.54) is 29.5 Å². The summed E-state index contributed by atoms with van der Waals surface area (Å²) in [6.07, 6.45) is 3.59. The number of rotatable bonds is 7. The Morgan fingerprint density at radius 1 is 1.11 bits per heavy atom. The summed E-state index contributed by atoms with van der Waals surface area (Å²) >= 11 is 0. The zero-order chi connectivity index (χ0) is 14.5. The van der Waals surface area contributed by atoms with E-state index < -0.39 is 0 Å². The van der Waals surface area contributed by atoms with Crippen LogP contribution in [0.15, 0.2) is 18.2 Å². The third-order valence-corrected chi connectivity index (χ3v) is 3.57. The van der Waals surface area contributed by atoms with Gasteiger partial charge in [0, 0.05) is 6.04 Å². The lowest BCUT2D eigenvalue weighted by atomic mass is 9.80. The van der Waals surface area contributed by atoms with E-state index in [1.54, 1.807) is 0 Å². The zero-order valence-electron chi connectivity index (χ0n) is 13.6. The Kier molecular flexibility index (Phi) is 6.06. The van der Waals surface area contributed by atoms with Gasteiger partial charge in [0.2, 0.25) is 0 Å². The first-order chi connectivity index (χ1) is 8.82. The van der Waals surface area contributed by atoms with Crippen LogP contribution in [-0.2, 0) is 6.42 Å². The normalized spacial score (nSPS) is 13.6. The molecule has 1 rings (SSSR count). The maximum atomic E-state index is 3.60. The predicted molar refractivity (Wildman–Crippen MR) is 85.8 cm³/mol. The number of benzene rings is 1. The highest BCUT2D eigenvalue weighted by Gasteiger charge is 2.21. The van der Waals surface area contributed by atoms with Crippen molar-refractivity contribution in [3.05, 3.63) is 34.9 Å². The lowest BCUT2D eigenvalue weighted by Crippen LogP contribution is -2.32. The minimum Gasteiger partial charge on any atom is -0.314 e. The van der Waals surface area contributed by atoms with Crippen LogP contribution in [0.1, 0.15) is 57.2 Å². The number of nitrogens with one attached hydrogen (secondary N) is 1. The first-order valence-electron chi connectivity index (χ1n) is 7.63. The molecule has 0 bridgehead atoms. The molecule has 1 aromatic carbocycles. The van der Waals surface area contributed by atoms with E-state index in [4.69, 9.17) is 0 Å². The van der Waals surface area contributed by atoms with Crippen LogP contribution in [0.25, 0.3) is 0 Å². The maximum Gasteiger partial charge on any atom is 0.00439 e. The molecule has 0 saturated heterocycles. The highest BCUT2D eigenvalue weighted by atomic mass is 14.9. The molecule has 0 heterocycles. The van der Waals surface area contributed by atoms with Gasteiger partial charge >= 0.3 is 0 Å². The summed E-state index contributed by atoms with van der Waals surface area (Å²) in [5.41, 5.74) is 4.58. The van der Waals surface area contributed by atoms with Gasteiger partial charge in [-0.2, -0.15) is 0 Å². The molecule has 1 heteroatoms. The molecular formula is C18H31N. The molecule has 1 atom stereocenters. The average molecular weight is 261 g/mol. The monoisotopic (exact) mass is 261 g/mol. The van der Waals surface area contributed by atoms with Crippen molar-refractivity contribution in [1.29, 1.82) is 0 Å². The summed E-state index contributed by atoms with van der Waals surface area (Å²) in [6.45, 7) is 14.8. The summed E-state index contributed by atoms with van der Waals surface area (Å²) < 4.78 is 0. The van der Waals surface area contributed by atoms with Gasteiger partial charge < -0.3 is 5.32 Å². The molecule has 0 spiro atoms. The quantitative estimate of drug-likeness (QED) is 0.753. The molecule has 1 nitrogen and oxygen atoms in total. The Balaban J connectivity index is 2.62. The fourth-order valence-corrected chi connectivity index (χ4v) is 3.09. The zero-order valence-corrected chi connectivity index (χ0v) is 13.6. The van der Waals surface area contributed by atoms with Crippen LogP contribution in [0.2, 0.25) is 0 Å². The van der Waals surface area contributed by atoms with Gasteiger partial charge in [-0.15, -0.1) is 0 Å². The summed E-state index contributed by atoms with van der Waals surface area (Å²) in [6, 6.07) is 7.51. The largest absolute Gasteiger partial charge is 0.314 e. The lowest BCUT2D eigenvalue weighted by Gasteiger charge is -2.29. The van der Waals surface area contributed by atoms with Gasteiger partial charge in [-0.3, -0.25) is 0 Å². The van der Waals surface area contributed by atoms with E-state index in [-0.39, 0.29) is 0 Å². The molecule has 0 saturated carbocycles. The van der Waals surface area contributed by atoms with Gasteiger partial charge in [-0.05, 0) is 57.6 Å². The van der Waals surface area contributed by atoms with Crippen LogP contribution in [0.5, 0.6) is 0 Å². The second-order valence-corrected chi connectivity index (χ2v) is 6.90. The van der Waals surface area contributed by atoms with Gasteiger partial charge in [-0.25, -0.2) is 0 Å². The molecule has 108 valence electrons. The topological polar surface area (TPSA) is 12.0 Å². The van der Waals surface area contributed by atoms with Crippen LogP contribution in [0, 0.1) is 19.3 Å². The molecule has 0 aliphatic carbocycles. The Morgan fingerprint density at radius 2 is 1.68 bits per heavy atom. The molecule has 0 aromatic heterocycles. The average Bonchev–Trinajstić information content (AvgIpc) is 2.23. The molecule has 0 aliphatic heterocycles. The van der Waals surface area contributed by atoms with Crippen LogP contribution in [0.3, 0.4) is 0 Å². The van der Waals surface area contributed by atoms with Crippen LogP contribution >= 0.6 is 0 Å². The fraction of sp³-hybridized carbons (Fsp3) is 0.667. The first kappa shape index (κ1) is 16.2. The summed E-state index contributed by atoms with van der Waals surface area (Å²) in [4.78, 5) is 0. The molecule has 0 aliphatic rings. The van der Waals surface area contributed by atoms with Gasteiger partial charge in [0.15, 0.2) is 0 Å². The molecule has 0 amide bonds. The molecule has 0 fully saturated rings. The van der Waals surface area contributed by atoms with Crippen molar-refractivity contribution in [2.75, 3.05) is 6.54 Å². The predicted octanol–water partition coefficient (Wildman–Crippen LogP) is 4.65. The third kappa shape index (κ3) is 6.24. The third-order valence-electron chi connectivity index (χ3n) is 3.57.